The number of fused-ring (bicyclic) bond motifs is 1. The predicted octanol–water partition coefficient (Wildman–Crippen LogP) is 3.82. The van der Waals surface area contributed by atoms with Crippen LogP contribution in [0.5, 0.6) is 0 Å². The van der Waals surface area contributed by atoms with Gasteiger partial charge < -0.3 is 25.4 Å². The number of nitrogens with one attached hydrogen (secondary N) is 2. The van der Waals surface area contributed by atoms with E-state index in [0.29, 0.717) is 0 Å². The highest BCUT2D eigenvalue weighted by Gasteiger charge is 2.23. The first-order valence-corrected chi connectivity index (χ1v) is 13.1. The van der Waals surface area contributed by atoms with E-state index in [1.807, 2.05) is 36.4 Å². The van der Waals surface area contributed by atoms with Gasteiger partial charge in [-0.1, -0.05) is 36.4 Å². The van der Waals surface area contributed by atoms with Gasteiger partial charge in [-0.2, -0.15) is 5.10 Å². The van der Waals surface area contributed by atoms with Crippen molar-refractivity contribution in [2.45, 2.75) is 44.9 Å². The summed E-state index contributed by atoms with van der Waals surface area (Å²) < 4.78 is 6.79. The van der Waals surface area contributed by atoms with Crippen molar-refractivity contribution < 1.29 is 19.4 Å². The number of hydrogen-bond donors (Lipinski definition) is 3. The zero-order valence-electron chi connectivity index (χ0n) is 21.3. The van der Waals surface area contributed by atoms with Gasteiger partial charge in [-0.05, 0) is 66.8 Å². The van der Waals surface area contributed by atoms with Gasteiger partial charge in [0.1, 0.15) is 12.6 Å². The van der Waals surface area contributed by atoms with Crippen molar-refractivity contribution in [2.75, 3.05) is 19.6 Å². The van der Waals surface area contributed by atoms with E-state index in [1.165, 1.54) is 29.7 Å². The van der Waals surface area contributed by atoms with Crippen LogP contribution in [0.1, 0.15) is 30.4 Å². The SMILES string of the molecule is O=C(N[C@@H](Cn1ncc2cc(CCCN3C=CC4=C(C3)NCCC4)ccc21)C(=O)O)OCc1ccccc1. The van der Waals surface area contributed by atoms with Crippen molar-refractivity contribution in [3.05, 3.63) is 89.4 Å². The Labute approximate surface area is 221 Å². The Hall–Kier alpha value is -4.27. The lowest BCUT2D eigenvalue weighted by Gasteiger charge is -2.30. The van der Waals surface area contributed by atoms with E-state index in [9.17, 15) is 14.7 Å². The van der Waals surface area contributed by atoms with Crippen molar-refractivity contribution in [1.82, 2.24) is 25.3 Å². The molecule has 0 aliphatic carbocycles. The van der Waals surface area contributed by atoms with Crippen molar-refractivity contribution in [1.29, 1.82) is 0 Å². The fourth-order valence-electron chi connectivity index (χ4n) is 4.92. The van der Waals surface area contributed by atoms with Crippen LogP contribution in [0.2, 0.25) is 0 Å². The molecule has 198 valence electrons. The lowest BCUT2D eigenvalue weighted by Crippen LogP contribution is -2.44. The molecule has 0 spiro atoms. The van der Waals surface area contributed by atoms with E-state index < -0.39 is 18.1 Å². The number of allylic oxidation sites excluding steroid dienone is 2. The minimum absolute atomic E-state index is 0.00815. The third-order valence-corrected chi connectivity index (χ3v) is 6.97. The first-order valence-electron chi connectivity index (χ1n) is 13.1. The van der Waals surface area contributed by atoms with Gasteiger partial charge in [0, 0.05) is 24.2 Å². The molecular formula is C29H33N5O4. The fraction of sp³-hybridized carbons (Fsp3) is 0.345. The number of carbonyl (C=O) groups is 2. The van der Waals surface area contributed by atoms with Gasteiger partial charge in [0.25, 0.3) is 0 Å². The van der Waals surface area contributed by atoms with E-state index >= 15 is 0 Å². The number of aromatic nitrogens is 2. The molecule has 2 aromatic carbocycles. The molecule has 3 aromatic rings. The quantitative estimate of drug-likeness (QED) is 0.377. The Morgan fingerprint density at radius 2 is 2.03 bits per heavy atom. The highest BCUT2D eigenvalue weighted by molar-refractivity contribution is 5.81. The monoisotopic (exact) mass is 515 g/mol. The topological polar surface area (TPSA) is 109 Å². The standard InChI is InChI=1S/C29H33N5O4/c35-28(36)26(32-29(37)38-20-22-6-2-1-3-7-22)19-34-27-11-10-21(16-24(27)17-31-34)8-5-14-33-15-12-23-9-4-13-30-25(23)18-33/h1-3,6-7,10-12,15-17,26,30H,4-5,8-9,13-14,18-20H2,(H,32,37)(H,35,36)/t26-/m0/s1. The van der Waals surface area contributed by atoms with Crippen LogP contribution in [0.4, 0.5) is 4.79 Å². The maximum Gasteiger partial charge on any atom is 0.408 e. The van der Waals surface area contributed by atoms with Gasteiger partial charge in [0.2, 0.25) is 0 Å². The van der Waals surface area contributed by atoms with Gasteiger partial charge >= 0.3 is 12.1 Å². The number of ether oxygens (including phenoxy) is 1. The summed E-state index contributed by atoms with van der Waals surface area (Å²) in [4.78, 5) is 26.4. The summed E-state index contributed by atoms with van der Waals surface area (Å²) in [5, 5.41) is 21.0. The second-order valence-electron chi connectivity index (χ2n) is 9.74. The number of amides is 1. The molecule has 1 aromatic heterocycles. The molecule has 2 aliphatic heterocycles. The van der Waals surface area contributed by atoms with Crippen LogP contribution >= 0.6 is 0 Å². The number of aliphatic carboxylic acids is 1. The van der Waals surface area contributed by atoms with Crippen LogP contribution in [-0.4, -0.2) is 57.5 Å². The summed E-state index contributed by atoms with van der Waals surface area (Å²) in [7, 11) is 0. The van der Waals surface area contributed by atoms with Crippen LogP contribution < -0.4 is 10.6 Å². The predicted molar refractivity (Wildman–Crippen MR) is 144 cm³/mol. The Bertz CT molecular complexity index is 1350. The van der Waals surface area contributed by atoms with Gasteiger partial charge in [0.05, 0.1) is 24.8 Å². The van der Waals surface area contributed by atoms with Crippen LogP contribution in [0, 0.1) is 0 Å². The van der Waals surface area contributed by atoms with E-state index in [0.717, 1.165) is 48.9 Å². The first-order chi connectivity index (χ1) is 18.5. The van der Waals surface area contributed by atoms with E-state index in [1.54, 1.807) is 10.9 Å². The van der Waals surface area contributed by atoms with E-state index in [4.69, 9.17) is 4.74 Å². The van der Waals surface area contributed by atoms with Crippen molar-refractivity contribution in [3.8, 4) is 0 Å². The summed E-state index contributed by atoms with van der Waals surface area (Å²) in [6.45, 7) is 3.06. The number of carbonyl (C=O) groups excluding carboxylic acids is 1. The van der Waals surface area contributed by atoms with Gasteiger partial charge in [0.15, 0.2) is 0 Å². The Morgan fingerprint density at radius 1 is 1.16 bits per heavy atom. The smallest absolute Gasteiger partial charge is 0.408 e. The highest BCUT2D eigenvalue weighted by Crippen LogP contribution is 2.22. The molecule has 1 amide bonds. The Kier molecular flexibility index (Phi) is 7.92. The molecule has 2 aliphatic rings. The second kappa shape index (κ2) is 11.9. The average Bonchev–Trinajstić information content (AvgIpc) is 3.34. The molecule has 38 heavy (non-hydrogen) atoms. The number of alkyl carbamates (subject to hydrolysis) is 1. The molecule has 9 nitrogen and oxygen atoms in total. The van der Waals surface area contributed by atoms with Crippen molar-refractivity contribution in [2.24, 2.45) is 0 Å². The molecule has 0 radical (unpaired) electrons. The molecule has 9 heteroatoms. The average molecular weight is 516 g/mol. The lowest BCUT2D eigenvalue weighted by atomic mass is 10.0. The largest absolute Gasteiger partial charge is 0.480 e. The highest BCUT2D eigenvalue weighted by atomic mass is 16.5. The molecule has 0 bridgehead atoms. The molecule has 3 heterocycles. The summed E-state index contributed by atoms with van der Waals surface area (Å²) in [6, 6.07) is 14.2. The van der Waals surface area contributed by atoms with Crippen LogP contribution in [-0.2, 0) is 29.1 Å². The number of carboxylic acid groups (broad SMARTS) is 1. The maximum atomic E-state index is 12.2. The minimum atomic E-state index is -1.17. The van der Waals surface area contributed by atoms with Gasteiger partial charge in [-0.3, -0.25) is 4.68 Å². The third-order valence-electron chi connectivity index (χ3n) is 6.97. The van der Waals surface area contributed by atoms with Crippen molar-refractivity contribution in [3.63, 3.8) is 0 Å². The van der Waals surface area contributed by atoms with Gasteiger partial charge in [-0.15, -0.1) is 0 Å². The molecule has 3 N–H and O–H groups in total. The second-order valence-corrected chi connectivity index (χ2v) is 9.74. The number of rotatable bonds is 10. The molecule has 0 unspecified atom stereocenters. The molecule has 5 rings (SSSR count). The number of nitrogens with zero attached hydrogens (tertiary/aromatic N) is 3. The zero-order chi connectivity index (χ0) is 26.3. The van der Waals surface area contributed by atoms with Crippen LogP contribution in [0.3, 0.4) is 0 Å². The van der Waals surface area contributed by atoms with Crippen LogP contribution in [0.25, 0.3) is 10.9 Å². The number of benzene rings is 2. The normalized spacial score (nSPS) is 15.6. The summed E-state index contributed by atoms with van der Waals surface area (Å²) in [6.07, 6.45) is 9.76. The summed E-state index contributed by atoms with van der Waals surface area (Å²) in [5.74, 6) is -1.15. The van der Waals surface area contributed by atoms with Gasteiger partial charge in [-0.25, -0.2) is 9.59 Å². The number of carboxylic acids is 1. The van der Waals surface area contributed by atoms with Crippen molar-refractivity contribution >= 4 is 23.0 Å². The van der Waals surface area contributed by atoms with E-state index in [2.05, 4.69) is 45.0 Å². The summed E-state index contributed by atoms with van der Waals surface area (Å²) >= 11 is 0. The first kappa shape index (κ1) is 25.4. The minimum Gasteiger partial charge on any atom is -0.480 e. The van der Waals surface area contributed by atoms with Crippen LogP contribution in [0.15, 0.2) is 78.3 Å². The zero-order valence-corrected chi connectivity index (χ0v) is 21.3. The number of hydrogen-bond acceptors (Lipinski definition) is 6. The molecular weight excluding hydrogens is 482 g/mol. The molecule has 0 saturated carbocycles. The maximum absolute atomic E-state index is 12.2. The van der Waals surface area contributed by atoms with E-state index in [-0.39, 0.29) is 13.2 Å². The molecule has 0 fully saturated rings. The summed E-state index contributed by atoms with van der Waals surface area (Å²) in [5.41, 5.74) is 5.67. The number of aryl methyl sites for hydroxylation is 1. The molecule has 1 atom stereocenters. The Morgan fingerprint density at radius 3 is 2.87 bits per heavy atom. The fourth-order valence-corrected chi connectivity index (χ4v) is 4.92. The molecule has 0 saturated heterocycles. The lowest BCUT2D eigenvalue weighted by molar-refractivity contribution is -0.139. The third kappa shape index (κ3) is 6.34. The Balaban J connectivity index is 1.13.